The summed E-state index contributed by atoms with van der Waals surface area (Å²) in [6.45, 7) is 37.7. The molecule has 0 bridgehead atoms. The first-order chi connectivity index (χ1) is 59.2. The van der Waals surface area contributed by atoms with Crippen molar-refractivity contribution in [1.82, 2.24) is 20.8 Å². The Morgan fingerprint density at radius 1 is 0.597 bits per heavy atom. The number of aliphatic hydroxyl groups is 1. The maximum Gasteiger partial charge on any atom is 0.410 e. The molecule has 3 amide bonds. The fourth-order valence-corrected chi connectivity index (χ4v) is 14.0. The highest BCUT2D eigenvalue weighted by molar-refractivity contribution is 5.92. The molecule has 4 aromatic rings. The van der Waals surface area contributed by atoms with E-state index in [9.17, 15) is 48.3 Å². The van der Waals surface area contributed by atoms with Crippen LogP contribution in [0.25, 0.3) is 22.3 Å². The molecule has 0 spiro atoms. The Kier molecular flexibility index (Phi) is 65.9. The second-order valence-electron chi connectivity index (χ2n) is 33.2. The lowest BCUT2D eigenvalue weighted by Gasteiger charge is -2.48. The minimum absolute atomic E-state index is 0.0257. The van der Waals surface area contributed by atoms with Gasteiger partial charge in [0.2, 0.25) is 11.8 Å². The molecule has 23 heteroatoms. The van der Waals surface area contributed by atoms with Crippen molar-refractivity contribution < 1.29 is 86.7 Å². The highest BCUT2D eigenvalue weighted by Gasteiger charge is 2.51. The number of hydrogen-bond donors (Lipinski definition) is 5. The third kappa shape index (κ3) is 43.0. The number of nitrogens with two attached hydrogens (primary N) is 1. The second-order valence-corrected chi connectivity index (χ2v) is 33.2. The van der Waals surface area contributed by atoms with E-state index in [4.69, 9.17) is 39.4 Å². The molecule has 7 atom stereocenters. The summed E-state index contributed by atoms with van der Waals surface area (Å²) in [7, 11) is 9.33. The standard InChI is InChI=1S/C28H36N2O4.C17H34O2.C16H14O2.C11H23NO2.C7H15NO2.C5H10O2.3C5H10O.C2H7NO/c1-3-5-15-28(16-6-4-2)26(32)29-20(18-31)17-30(28)27(33)34-19-25-23-13-9-7-11-21(23)22-12-8-10-14-24(22)25;1-6-9-12-17(13-10-7-2,16(18)19-5)14-11-15(4)8-3;1-11(17)18-10-16-14-8-4-2-6-12(14)13-7-3-5-9-15(13)16;1-4-6-8-11(12,9-7-5-2)10(13)14-3;1-5-6(2)7(9)8(3)10-4;1-3-4(2)5(6)7;1-5-3-2-4-6-5;2*1-3-5(2)4-6;1-3-4-2/h7-14,20,25,31H,3-6,15-19H2,1-2H3,(H,29,32);15H,6-14H2,1-5H3;2-9,16H,10H2,1H3;4-9,12H2,1-3H3;6H,5H2,1-4H3;4H,3H2,1-2H3,(H,6,7);5H,2-4H2,1H3;2*4-5H,3H2,1-2H3;3H,1-2H3/t20-;15-;;;6-;4-;;2*5-;/m10..00.00./s1. The van der Waals surface area contributed by atoms with Crippen LogP contribution in [0.2, 0.25) is 0 Å². The van der Waals surface area contributed by atoms with E-state index < -0.39 is 29.2 Å². The number of hydroxylamine groups is 3. The number of unbranched alkanes of at least 4 members (excludes halogenated alkanes) is 6. The zero-order valence-electron chi connectivity index (χ0n) is 81.1. The van der Waals surface area contributed by atoms with E-state index in [1.807, 2.05) is 97.0 Å². The summed E-state index contributed by atoms with van der Waals surface area (Å²) in [6, 6.07) is 32.7. The fraction of sp³-hybridized carbons (Fsp3) is 0.673. The monoisotopic (exact) mass is 1740 g/mol. The Morgan fingerprint density at radius 3 is 1.27 bits per heavy atom. The lowest BCUT2D eigenvalue weighted by Crippen LogP contribution is -2.70. The van der Waals surface area contributed by atoms with Crippen LogP contribution < -0.4 is 16.5 Å². The molecule has 0 aromatic heterocycles. The number of carboxylic acid groups (broad SMARTS) is 1. The summed E-state index contributed by atoms with van der Waals surface area (Å²) in [6.07, 6.45) is 28.2. The molecule has 2 saturated heterocycles. The number of aldehydes is 2. The third-order valence-corrected chi connectivity index (χ3v) is 23.5. The number of nitrogens with zero attached hydrogens (tertiary/aromatic N) is 2. The van der Waals surface area contributed by atoms with Crippen LogP contribution in [0.5, 0.6) is 0 Å². The van der Waals surface area contributed by atoms with Crippen LogP contribution in [-0.2, 0) is 71.7 Å². The summed E-state index contributed by atoms with van der Waals surface area (Å²) in [5.41, 5.74) is 16.3. The van der Waals surface area contributed by atoms with Gasteiger partial charge in [0, 0.05) is 63.8 Å². The van der Waals surface area contributed by atoms with Crippen molar-refractivity contribution in [2.24, 2.45) is 40.7 Å². The van der Waals surface area contributed by atoms with Crippen molar-refractivity contribution in [3.05, 3.63) is 119 Å². The van der Waals surface area contributed by atoms with Gasteiger partial charge >= 0.3 is 30.0 Å². The van der Waals surface area contributed by atoms with Gasteiger partial charge in [0.15, 0.2) is 0 Å². The van der Waals surface area contributed by atoms with E-state index in [0.29, 0.717) is 31.5 Å². The van der Waals surface area contributed by atoms with Gasteiger partial charge in [-0.05, 0) is 147 Å². The SMILES string of the molecule is CC(=O)OCC1c2ccccc2-c2ccccc21.CC1CCCO1.CCCCC(CCCC)(CC[C@@H](C)CC)C(=O)OC.CCCCC(N)(CCCC)C(=O)OC.CCCCC1(CCCC)C(=O)N[C@@H](CO)CN1C(=O)OCC1c2ccccc2-c2ccccc21.CC[C@H](C)C(=O)N(C)OC.CC[C@H](C)C(=O)O.CC[C@H](C)C=O.CC[C@H](C)C=O.CNOC. The van der Waals surface area contributed by atoms with Crippen molar-refractivity contribution in [2.75, 3.05) is 75.5 Å². The number of rotatable bonds is 39. The normalized spacial score (nSPS) is 15.4. The summed E-state index contributed by atoms with van der Waals surface area (Å²) in [5, 5.41) is 22.1. The Bertz CT molecular complexity index is 3400. The van der Waals surface area contributed by atoms with Gasteiger partial charge in [-0.25, -0.2) is 15.3 Å². The Morgan fingerprint density at radius 2 is 0.992 bits per heavy atom. The predicted molar refractivity (Wildman–Crippen MR) is 501 cm³/mol. The molecule has 23 nitrogen and oxygen atoms in total. The van der Waals surface area contributed by atoms with Gasteiger partial charge in [-0.1, -0.05) is 291 Å². The molecular weight excluding hydrogens is 1570 g/mol. The highest BCUT2D eigenvalue weighted by Crippen LogP contribution is 2.47. The van der Waals surface area contributed by atoms with Gasteiger partial charge in [0.1, 0.15) is 36.9 Å². The average Bonchev–Trinajstić information content (AvgIpc) is 1.71. The summed E-state index contributed by atoms with van der Waals surface area (Å²) >= 11 is 0. The van der Waals surface area contributed by atoms with E-state index in [1.54, 1.807) is 33.0 Å². The molecule has 4 aromatic carbocycles. The number of methoxy groups -OCH3 is 2. The molecule has 1 unspecified atom stereocenters. The number of benzene rings is 4. The third-order valence-electron chi connectivity index (χ3n) is 23.5. The van der Waals surface area contributed by atoms with Gasteiger partial charge in [-0.2, -0.15) is 0 Å². The zero-order chi connectivity index (χ0) is 94.2. The number of hydrogen-bond acceptors (Lipinski definition) is 19. The number of fused-ring (bicyclic) bond motifs is 6. The molecule has 706 valence electrons. The van der Waals surface area contributed by atoms with Crippen molar-refractivity contribution in [3.63, 3.8) is 0 Å². The van der Waals surface area contributed by atoms with Gasteiger partial charge in [0.25, 0.3) is 0 Å². The second kappa shape index (κ2) is 69.2. The van der Waals surface area contributed by atoms with E-state index in [0.717, 1.165) is 172 Å². The van der Waals surface area contributed by atoms with E-state index >= 15 is 0 Å². The van der Waals surface area contributed by atoms with E-state index in [-0.39, 0.29) is 90.4 Å². The highest BCUT2D eigenvalue weighted by atomic mass is 16.7. The van der Waals surface area contributed by atoms with Crippen molar-refractivity contribution >= 4 is 54.4 Å². The number of amides is 3. The van der Waals surface area contributed by atoms with Crippen LogP contribution in [0, 0.1) is 35.0 Å². The van der Waals surface area contributed by atoms with Crippen LogP contribution >= 0.6 is 0 Å². The zero-order valence-corrected chi connectivity index (χ0v) is 81.1. The molecule has 0 saturated carbocycles. The number of aliphatic hydroxyl groups excluding tert-OH is 1. The van der Waals surface area contributed by atoms with Crippen LogP contribution in [0.3, 0.4) is 0 Å². The van der Waals surface area contributed by atoms with Crippen LogP contribution in [0.1, 0.15) is 332 Å². The molecule has 2 aliphatic heterocycles. The van der Waals surface area contributed by atoms with Gasteiger partial charge in [-0.15, -0.1) is 0 Å². The molecule has 6 N–H and O–H groups in total. The fourth-order valence-electron chi connectivity index (χ4n) is 14.0. The first-order valence-electron chi connectivity index (χ1n) is 46.3. The topological polar surface area (TPSA) is 315 Å². The van der Waals surface area contributed by atoms with Crippen LogP contribution in [0.4, 0.5) is 4.79 Å². The maximum atomic E-state index is 13.6. The Labute approximate surface area is 748 Å². The van der Waals surface area contributed by atoms with Crippen LogP contribution in [-0.4, -0.2) is 173 Å². The van der Waals surface area contributed by atoms with Gasteiger partial charge in [0.05, 0.1) is 58.5 Å². The molecule has 8 rings (SSSR count). The minimum atomic E-state index is -0.930. The number of ether oxygens (including phenoxy) is 5. The number of esters is 3. The number of carbonyl (C=O) groups excluding carboxylic acids is 8. The summed E-state index contributed by atoms with van der Waals surface area (Å²) in [5.74, 6) is -0.0903. The molecule has 0 radical (unpaired) electrons. The largest absolute Gasteiger partial charge is 0.481 e. The molecular formula is C101H169N5O18. The van der Waals surface area contributed by atoms with Crippen molar-refractivity contribution in [3.8, 4) is 22.3 Å². The smallest absolute Gasteiger partial charge is 0.410 e. The number of piperazine rings is 1. The molecule has 124 heavy (non-hydrogen) atoms. The lowest BCUT2D eigenvalue weighted by molar-refractivity contribution is -0.172. The minimum Gasteiger partial charge on any atom is -0.481 e. The predicted octanol–water partition coefficient (Wildman–Crippen LogP) is 21.4. The maximum absolute atomic E-state index is 13.6. The molecule has 2 heterocycles. The van der Waals surface area contributed by atoms with E-state index in [2.05, 4.69) is 126 Å². The molecule has 2 fully saturated rings. The summed E-state index contributed by atoms with van der Waals surface area (Å²) in [4.78, 5) is 113. The Balaban J connectivity index is 0. The number of nitrogens with one attached hydrogen (secondary N) is 2. The lowest BCUT2D eigenvalue weighted by atomic mass is 9.73. The van der Waals surface area contributed by atoms with Crippen molar-refractivity contribution in [2.45, 2.75) is 333 Å². The molecule has 4 aliphatic rings. The van der Waals surface area contributed by atoms with Gasteiger partial charge < -0.3 is 59.4 Å². The summed E-state index contributed by atoms with van der Waals surface area (Å²) < 4.78 is 26.2. The number of carbonyl (C=O) groups is 9. The Hall–Kier alpha value is -7.93. The first-order valence-corrected chi connectivity index (χ1v) is 46.3. The first kappa shape index (κ1) is 118. The number of carboxylic acids is 1. The average molecular weight is 1740 g/mol. The van der Waals surface area contributed by atoms with Gasteiger partial charge in [-0.3, -0.25) is 38.5 Å². The quantitative estimate of drug-likeness (QED) is 0.0120. The number of aliphatic carboxylic acids is 1. The van der Waals surface area contributed by atoms with E-state index in [1.165, 1.54) is 86.0 Å². The van der Waals surface area contributed by atoms with Crippen molar-refractivity contribution in [1.29, 1.82) is 0 Å². The van der Waals surface area contributed by atoms with Crippen LogP contribution in [0.15, 0.2) is 97.1 Å². The molecule has 2 aliphatic carbocycles.